The van der Waals surface area contributed by atoms with Crippen LogP contribution in [0.4, 0.5) is 5.69 Å². The Balaban J connectivity index is 1.34. The average Bonchev–Trinajstić information content (AvgIpc) is 3.34. The lowest BCUT2D eigenvalue weighted by atomic mass is 9.55. The van der Waals surface area contributed by atoms with Crippen molar-refractivity contribution in [1.82, 2.24) is 10.0 Å². The fourth-order valence-electron chi connectivity index (χ4n) is 7.28. The van der Waals surface area contributed by atoms with Crippen molar-refractivity contribution in [3.63, 3.8) is 0 Å². The van der Waals surface area contributed by atoms with Crippen molar-refractivity contribution in [2.75, 3.05) is 7.11 Å². The van der Waals surface area contributed by atoms with Crippen LogP contribution in [0.25, 0.3) is 0 Å². The second kappa shape index (κ2) is 10.5. The Hall–Kier alpha value is -5.64. The van der Waals surface area contributed by atoms with Crippen LogP contribution in [0, 0.1) is 22.0 Å². The van der Waals surface area contributed by atoms with Gasteiger partial charge in [0.15, 0.2) is 5.78 Å². The van der Waals surface area contributed by atoms with Gasteiger partial charge >= 0.3 is 0 Å². The molecule has 3 aliphatic carbocycles. The summed E-state index contributed by atoms with van der Waals surface area (Å²) in [6.45, 7) is 1.47. The minimum Gasteiger partial charge on any atom is -0.497 e. The van der Waals surface area contributed by atoms with Gasteiger partial charge in [-0.15, -0.1) is 0 Å². The zero-order chi connectivity index (χ0) is 31.6. The molecule has 3 amide bonds. The SMILES string of the molecule is COc1ccc(C(=O)[C@@H](C)N(C(=O)c2ccc([N+](=O)[O-])cc2)N2C(=O)[C@@H]3C4c5ccccc5C(c5ccccc54)[C@@H]3C2=O)cc1. The van der Waals surface area contributed by atoms with Gasteiger partial charge in [-0.1, -0.05) is 48.5 Å². The number of benzene rings is 4. The number of carbonyl (C=O) groups excluding carboxylic acids is 4. The Morgan fingerprint density at radius 1 is 0.756 bits per heavy atom. The number of nitro groups is 1. The lowest BCUT2D eigenvalue weighted by Crippen LogP contribution is -2.56. The number of amides is 3. The summed E-state index contributed by atoms with van der Waals surface area (Å²) in [6, 6.07) is 25.5. The monoisotopic (exact) mass is 601 g/mol. The molecule has 4 aromatic rings. The molecule has 45 heavy (non-hydrogen) atoms. The Labute approximate surface area is 258 Å². The first-order valence-electron chi connectivity index (χ1n) is 14.5. The first-order chi connectivity index (χ1) is 21.7. The Morgan fingerprint density at radius 3 is 1.62 bits per heavy atom. The molecule has 1 fully saturated rings. The van der Waals surface area contributed by atoms with Crippen LogP contribution in [-0.4, -0.2) is 51.6 Å². The lowest BCUT2D eigenvalue weighted by molar-refractivity contribution is -0.384. The van der Waals surface area contributed by atoms with Gasteiger partial charge in [0, 0.05) is 35.1 Å². The van der Waals surface area contributed by atoms with Crippen LogP contribution >= 0.6 is 0 Å². The highest BCUT2D eigenvalue weighted by molar-refractivity contribution is 6.11. The van der Waals surface area contributed by atoms with E-state index in [9.17, 15) is 29.3 Å². The first-order valence-corrected chi connectivity index (χ1v) is 14.5. The highest BCUT2D eigenvalue weighted by Gasteiger charge is 2.63. The number of nitro benzene ring substituents is 1. The summed E-state index contributed by atoms with van der Waals surface area (Å²) in [6.07, 6.45) is 0. The number of ether oxygens (including phenoxy) is 1. The molecular weight excluding hydrogens is 574 g/mol. The third-order valence-electron chi connectivity index (χ3n) is 9.29. The molecule has 1 saturated heterocycles. The van der Waals surface area contributed by atoms with E-state index in [-0.39, 0.29) is 16.8 Å². The number of rotatable bonds is 7. The van der Waals surface area contributed by atoms with Crippen molar-refractivity contribution in [1.29, 1.82) is 0 Å². The quantitative estimate of drug-likeness (QED) is 0.124. The Morgan fingerprint density at radius 2 is 1.20 bits per heavy atom. The minimum atomic E-state index is -1.28. The van der Waals surface area contributed by atoms with Crippen molar-refractivity contribution >= 4 is 29.2 Å². The predicted octanol–water partition coefficient (Wildman–Crippen LogP) is 5.12. The zero-order valence-electron chi connectivity index (χ0n) is 24.3. The number of methoxy groups -OCH3 is 1. The van der Waals surface area contributed by atoms with Gasteiger partial charge in [-0.05, 0) is 65.6 Å². The number of Topliss-reactive ketones (excluding diaryl/α,β-unsaturated/α-hetero) is 1. The summed E-state index contributed by atoms with van der Waals surface area (Å²) < 4.78 is 5.20. The summed E-state index contributed by atoms with van der Waals surface area (Å²) in [7, 11) is 1.50. The number of nitrogens with zero attached hydrogens (tertiary/aromatic N) is 3. The molecule has 0 aromatic heterocycles. The van der Waals surface area contributed by atoms with E-state index in [1.54, 1.807) is 24.3 Å². The maximum absolute atomic E-state index is 14.5. The second-order valence-corrected chi connectivity index (χ2v) is 11.5. The molecule has 2 bridgehead atoms. The average molecular weight is 602 g/mol. The van der Waals surface area contributed by atoms with Gasteiger partial charge in [-0.3, -0.25) is 29.3 Å². The normalized spacial score (nSPS) is 21.4. The number of hydrazine groups is 1. The third-order valence-corrected chi connectivity index (χ3v) is 9.29. The number of hydrogen-bond donors (Lipinski definition) is 0. The first kappa shape index (κ1) is 28.1. The molecule has 0 unspecified atom stereocenters. The Bertz CT molecular complexity index is 1790. The maximum atomic E-state index is 14.5. The highest BCUT2D eigenvalue weighted by Crippen LogP contribution is 2.61. The number of non-ortho nitro benzene ring substituents is 1. The highest BCUT2D eigenvalue weighted by atomic mass is 16.6. The van der Waals surface area contributed by atoms with Gasteiger partial charge in [-0.25, -0.2) is 5.01 Å². The van der Waals surface area contributed by atoms with Gasteiger partial charge < -0.3 is 4.74 Å². The minimum absolute atomic E-state index is 0.0139. The van der Waals surface area contributed by atoms with Gasteiger partial charge in [0.05, 0.1) is 23.9 Å². The van der Waals surface area contributed by atoms with Gasteiger partial charge in [0.2, 0.25) is 0 Å². The van der Waals surface area contributed by atoms with E-state index in [2.05, 4.69) is 0 Å². The molecule has 0 saturated carbocycles. The number of carbonyl (C=O) groups is 4. The fraction of sp³-hybridized carbons (Fsp3) is 0.200. The molecular formula is C35H27N3O7. The van der Waals surface area contributed by atoms with Crippen molar-refractivity contribution < 1.29 is 28.8 Å². The lowest BCUT2D eigenvalue weighted by Gasteiger charge is -2.45. The molecule has 224 valence electrons. The molecule has 4 aliphatic rings. The predicted molar refractivity (Wildman–Crippen MR) is 161 cm³/mol. The summed E-state index contributed by atoms with van der Waals surface area (Å²) in [5.74, 6) is -4.26. The second-order valence-electron chi connectivity index (χ2n) is 11.5. The summed E-state index contributed by atoms with van der Waals surface area (Å²) >= 11 is 0. The van der Waals surface area contributed by atoms with Gasteiger partial charge in [0.25, 0.3) is 23.4 Å². The number of hydrogen-bond acceptors (Lipinski definition) is 7. The van der Waals surface area contributed by atoms with E-state index in [1.165, 1.54) is 38.3 Å². The number of imide groups is 1. The van der Waals surface area contributed by atoms with Crippen LogP contribution in [-0.2, 0) is 9.59 Å². The van der Waals surface area contributed by atoms with Crippen LogP contribution < -0.4 is 4.74 Å². The molecule has 1 aliphatic heterocycles. The van der Waals surface area contributed by atoms with E-state index >= 15 is 0 Å². The molecule has 10 heteroatoms. The zero-order valence-corrected chi connectivity index (χ0v) is 24.3. The molecule has 0 radical (unpaired) electrons. The molecule has 3 atom stereocenters. The standard InChI is InChI=1S/C35H27N3O7/c1-19(32(39)20-13-17-23(45-2)18-14-20)36(33(40)21-11-15-22(16-12-21)38(43)44)37-34(41)30-28-24-7-3-4-8-25(24)29(31(30)35(37)42)27-10-6-5-9-26(27)28/h3-19,28-31H,1-2H3/t19-,28?,29?,30-,31+/m1/s1. The topological polar surface area (TPSA) is 127 Å². The summed E-state index contributed by atoms with van der Waals surface area (Å²) in [5, 5.41) is 13.1. The van der Waals surface area contributed by atoms with Crippen molar-refractivity contribution in [2.45, 2.75) is 24.8 Å². The van der Waals surface area contributed by atoms with Gasteiger partial charge in [-0.2, -0.15) is 5.01 Å². The van der Waals surface area contributed by atoms with Crippen LogP contribution in [0.1, 0.15) is 61.7 Å². The van der Waals surface area contributed by atoms with E-state index in [4.69, 9.17) is 4.74 Å². The molecule has 10 nitrogen and oxygen atoms in total. The number of ketones is 1. The van der Waals surface area contributed by atoms with Crippen LogP contribution in [0.15, 0.2) is 97.1 Å². The molecule has 0 N–H and O–H groups in total. The summed E-state index contributed by atoms with van der Waals surface area (Å²) in [4.78, 5) is 67.8. The van der Waals surface area contributed by atoms with Crippen LogP contribution in [0.2, 0.25) is 0 Å². The van der Waals surface area contributed by atoms with E-state index in [0.29, 0.717) is 5.75 Å². The molecule has 1 heterocycles. The summed E-state index contributed by atoms with van der Waals surface area (Å²) in [5.41, 5.74) is 3.90. The molecule has 8 rings (SSSR count). The van der Waals surface area contributed by atoms with E-state index in [0.717, 1.165) is 32.3 Å². The Kier molecular flexibility index (Phi) is 6.58. The van der Waals surface area contributed by atoms with Crippen molar-refractivity contribution in [2.24, 2.45) is 11.8 Å². The third kappa shape index (κ3) is 4.16. The largest absolute Gasteiger partial charge is 0.497 e. The van der Waals surface area contributed by atoms with Crippen molar-refractivity contribution in [3.8, 4) is 5.75 Å². The van der Waals surface area contributed by atoms with E-state index in [1.807, 2.05) is 48.5 Å². The maximum Gasteiger partial charge on any atom is 0.273 e. The molecule has 0 spiro atoms. The van der Waals surface area contributed by atoms with E-state index < -0.39 is 58.1 Å². The van der Waals surface area contributed by atoms with Gasteiger partial charge in [0.1, 0.15) is 11.8 Å². The molecule has 4 aromatic carbocycles. The van der Waals surface area contributed by atoms with Crippen LogP contribution in [0.3, 0.4) is 0 Å². The van der Waals surface area contributed by atoms with Crippen LogP contribution in [0.5, 0.6) is 5.75 Å². The van der Waals surface area contributed by atoms with Crippen molar-refractivity contribution in [3.05, 3.63) is 141 Å². The smallest absolute Gasteiger partial charge is 0.273 e. The fourth-order valence-corrected chi connectivity index (χ4v) is 7.28.